The minimum Gasteiger partial charge on any atom is -0.351 e. The van der Waals surface area contributed by atoms with Crippen LogP contribution in [0.3, 0.4) is 0 Å². The number of amides is 1. The molecule has 1 aliphatic rings. The molecule has 4 heteroatoms. The van der Waals surface area contributed by atoms with E-state index in [0.29, 0.717) is 13.1 Å². The van der Waals surface area contributed by atoms with Crippen LogP contribution in [0.1, 0.15) is 31.2 Å². The molecule has 2 rings (SSSR count). The first-order valence-corrected chi connectivity index (χ1v) is 7.35. The van der Waals surface area contributed by atoms with Gasteiger partial charge in [-0.2, -0.15) is 0 Å². The second-order valence-corrected chi connectivity index (χ2v) is 5.53. The van der Waals surface area contributed by atoms with Gasteiger partial charge in [-0.3, -0.25) is 9.69 Å². The van der Waals surface area contributed by atoms with Crippen molar-refractivity contribution in [2.45, 2.75) is 32.2 Å². The van der Waals surface area contributed by atoms with Crippen LogP contribution in [-0.4, -0.2) is 30.4 Å². The first-order valence-electron chi connectivity index (χ1n) is 6.97. The third kappa shape index (κ3) is 5.21. The molecule has 1 aliphatic heterocycles. The molecule has 1 aromatic carbocycles. The lowest BCUT2D eigenvalue weighted by molar-refractivity contribution is -0.122. The zero-order valence-electron chi connectivity index (χ0n) is 11.2. The maximum absolute atomic E-state index is 11.9. The molecule has 0 saturated carbocycles. The van der Waals surface area contributed by atoms with Gasteiger partial charge in [0, 0.05) is 11.6 Å². The summed E-state index contributed by atoms with van der Waals surface area (Å²) in [6.45, 7) is 3.19. The molecule has 0 radical (unpaired) electrons. The average molecular weight is 281 g/mol. The second kappa shape index (κ2) is 7.51. The van der Waals surface area contributed by atoms with Crippen molar-refractivity contribution in [2.75, 3.05) is 19.6 Å². The minimum atomic E-state index is 0.108. The Morgan fingerprint density at radius 3 is 2.37 bits per heavy atom. The van der Waals surface area contributed by atoms with Crippen LogP contribution in [0.2, 0.25) is 5.02 Å². The molecule has 0 unspecified atom stereocenters. The first kappa shape index (κ1) is 14.4. The molecule has 0 bridgehead atoms. The highest BCUT2D eigenvalue weighted by Gasteiger charge is 2.12. The van der Waals surface area contributed by atoms with Crippen molar-refractivity contribution in [3.63, 3.8) is 0 Å². The van der Waals surface area contributed by atoms with Crippen LogP contribution in [-0.2, 0) is 11.3 Å². The quantitative estimate of drug-likeness (QED) is 0.920. The number of nitrogens with one attached hydrogen (secondary N) is 1. The largest absolute Gasteiger partial charge is 0.351 e. The molecule has 1 aromatic rings. The van der Waals surface area contributed by atoms with Gasteiger partial charge in [-0.25, -0.2) is 0 Å². The predicted molar refractivity (Wildman–Crippen MR) is 78.2 cm³/mol. The van der Waals surface area contributed by atoms with Gasteiger partial charge >= 0.3 is 0 Å². The van der Waals surface area contributed by atoms with Crippen LogP contribution in [0.5, 0.6) is 0 Å². The van der Waals surface area contributed by atoms with Crippen LogP contribution >= 0.6 is 11.6 Å². The molecule has 0 aliphatic carbocycles. The fourth-order valence-corrected chi connectivity index (χ4v) is 2.48. The Hall–Kier alpha value is -1.06. The maximum Gasteiger partial charge on any atom is 0.234 e. The summed E-state index contributed by atoms with van der Waals surface area (Å²) in [4.78, 5) is 14.1. The standard InChI is InChI=1S/C15H21ClN2O/c16-14-7-5-13(6-8-14)11-17-15(19)12-18-9-3-1-2-4-10-18/h5-8H,1-4,9-12H2,(H,17,19). The second-order valence-electron chi connectivity index (χ2n) is 5.09. The Labute approximate surface area is 119 Å². The molecule has 0 atom stereocenters. The van der Waals surface area contributed by atoms with Gasteiger partial charge in [0.2, 0.25) is 5.91 Å². The highest BCUT2D eigenvalue weighted by atomic mass is 35.5. The molecule has 0 spiro atoms. The van der Waals surface area contributed by atoms with E-state index in [1.165, 1.54) is 25.7 Å². The summed E-state index contributed by atoms with van der Waals surface area (Å²) in [5, 5.41) is 3.68. The summed E-state index contributed by atoms with van der Waals surface area (Å²) >= 11 is 5.82. The van der Waals surface area contributed by atoms with Gasteiger partial charge in [-0.1, -0.05) is 36.6 Å². The van der Waals surface area contributed by atoms with Crippen LogP contribution in [0, 0.1) is 0 Å². The number of rotatable bonds is 4. The lowest BCUT2D eigenvalue weighted by Crippen LogP contribution is -2.37. The van der Waals surface area contributed by atoms with E-state index in [1.54, 1.807) is 0 Å². The SMILES string of the molecule is O=C(CN1CCCCCC1)NCc1ccc(Cl)cc1. The van der Waals surface area contributed by atoms with Gasteiger partial charge in [0.1, 0.15) is 0 Å². The van der Waals surface area contributed by atoms with Gasteiger partial charge in [0.25, 0.3) is 0 Å². The Morgan fingerprint density at radius 2 is 1.74 bits per heavy atom. The topological polar surface area (TPSA) is 32.3 Å². The summed E-state index contributed by atoms with van der Waals surface area (Å²) < 4.78 is 0. The minimum absolute atomic E-state index is 0.108. The number of benzene rings is 1. The van der Waals surface area contributed by atoms with Gasteiger partial charge in [0.15, 0.2) is 0 Å². The third-order valence-electron chi connectivity index (χ3n) is 3.47. The molecular formula is C15H21ClN2O. The van der Waals surface area contributed by atoms with Crippen LogP contribution in [0.15, 0.2) is 24.3 Å². The summed E-state index contributed by atoms with van der Waals surface area (Å²) in [7, 11) is 0. The van der Waals surface area contributed by atoms with E-state index in [1.807, 2.05) is 24.3 Å². The third-order valence-corrected chi connectivity index (χ3v) is 3.72. The van der Waals surface area contributed by atoms with E-state index < -0.39 is 0 Å². The van der Waals surface area contributed by atoms with Crippen molar-refractivity contribution in [1.29, 1.82) is 0 Å². The van der Waals surface area contributed by atoms with Crippen molar-refractivity contribution in [2.24, 2.45) is 0 Å². The van der Waals surface area contributed by atoms with E-state index in [0.717, 1.165) is 23.7 Å². The Balaban J connectivity index is 1.73. The van der Waals surface area contributed by atoms with Crippen molar-refractivity contribution in [1.82, 2.24) is 10.2 Å². The number of nitrogens with zero attached hydrogens (tertiary/aromatic N) is 1. The van der Waals surface area contributed by atoms with Crippen molar-refractivity contribution in [3.8, 4) is 0 Å². The smallest absolute Gasteiger partial charge is 0.234 e. The highest BCUT2D eigenvalue weighted by molar-refractivity contribution is 6.30. The van der Waals surface area contributed by atoms with Gasteiger partial charge < -0.3 is 5.32 Å². The average Bonchev–Trinajstić information content (AvgIpc) is 2.67. The van der Waals surface area contributed by atoms with Gasteiger partial charge in [0.05, 0.1) is 6.54 Å². The number of carbonyl (C=O) groups excluding carboxylic acids is 1. The number of hydrogen-bond donors (Lipinski definition) is 1. The molecular weight excluding hydrogens is 260 g/mol. The predicted octanol–water partition coefficient (Wildman–Crippen LogP) is 2.83. The van der Waals surface area contributed by atoms with E-state index in [2.05, 4.69) is 10.2 Å². The number of carbonyl (C=O) groups is 1. The Morgan fingerprint density at radius 1 is 1.11 bits per heavy atom. The maximum atomic E-state index is 11.9. The molecule has 1 amide bonds. The molecule has 1 N–H and O–H groups in total. The Kier molecular flexibility index (Phi) is 5.67. The molecule has 1 heterocycles. The van der Waals surface area contributed by atoms with E-state index in [-0.39, 0.29) is 5.91 Å². The summed E-state index contributed by atoms with van der Waals surface area (Å²) in [5.41, 5.74) is 1.08. The Bertz CT molecular complexity index is 397. The molecule has 1 fully saturated rings. The van der Waals surface area contributed by atoms with E-state index in [4.69, 9.17) is 11.6 Å². The number of likely N-dealkylation sites (tertiary alicyclic amines) is 1. The fraction of sp³-hybridized carbons (Fsp3) is 0.533. The summed E-state index contributed by atoms with van der Waals surface area (Å²) in [5.74, 6) is 0.108. The van der Waals surface area contributed by atoms with E-state index >= 15 is 0 Å². The van der Waals surface area contributed by atoms with Crippen LogP contribution in [0.25, 0.3) is 0 Å². The molecule has 0 aromatic heterocycles. The zero-order chi connectivity index (χ0) is 13.5. The molecule has 3 nitrogen and oxygen atoms in total. The number of hydrogen-bond acceptors (Lipinski definition) is 2. The molecule has 1 saturated heterocycles. The van der Waals surface area contributed by atoms with Gasteiger partial charge in [-0.15, -0.1) is 0 Å². The monoisotopic (exact) mass is 280 g/mol. The zero-order valence-corrected chi connectivity index (χ0v) is 12.0. The molecule has 19 heavy (non-hydrogen) atoms. The van der Waals surface area contributed by atoms with Crippen molar-refractivity contribution >= 4 is 17.5 Å². The number of halogens is 1. The van der Waals surface area contributed by atoms with Crippen molar-refractivity contribution < 1.29 is 4.79 Å². The fourth-order valence-electron chi connectivity index (χ4n) is 2.36. The highest BCUT2D eigenvalue weighted by Crippen LogP contribution is 2.10. The lowest BCUT2D eigenvalue weighted by atomic mass is 10.2. The summed E-state index contributed by atoms with van der Waals surface area (Å²) in [6.07, 6.45) is 5.01. The summed E-state index contributed by atoms with van der Waals surface area (Å²) in [6, 6.07) is 7.57. The van der Waals surface area contributed by atoms with Gasteiger partial charge in [-0.05, 0) is 43.6 Å². The van der Waals surface area contributed by atoms with Crippen LogP contribution < -0.4 is 5.32 Å². The van der Waals surface area contributed by atoms with Crippen LogP contribution in [0.4, 0.5) is 0 Å². The lowest BCUT2D eigenvalue weighted by Gasteiger charge is -2.18. The molecule has 104 valence electrons. The van der Waals surface area contributed by atoms with E-state index in [9.17, 15) is 4.79 Å². The first-order chi connectivity index (χ1) is 9.24. The normalized spacial score (nSPS) is 16.9. The van der Waals surface area contributed by atoms with Crippen molar-refractivity contribution in [3.05, 3.63) is 34.9 Å².